The molecule has 1 amide bonds. The number of aromatic nitrogens is 1. The first-order valence-electron chi connectivity index (χ1n) is 11.4. The fourth-order valence-corrected chi connectivity index (χ4v) is 5.35. The Hall–Kier alpha value is -4.44. The molecule has 1 aliphatic heterocycles. The van der Waals surface area contributed by atoms with Crippen LogP contribution in [-0.4, -0.2) is 39.3 Å². The number of rotatable bonds is 7. The van der Waals surface area contributed by atoms with Crippen molar-refractivity contribution in [3.8, 4) is 11.5 Å². The monoisotopic (exact) mass is 518 g/mol. The van der Waals surface area contributed by atoms with Crippen molar-refractivity contribution in [1.82, 2.24) is 4.98 Å². The number of phenolic OH excluding ortho intramolecular Hbond substituents is 1. The first-order chi connectivity index (χ1) is 17.7. The number of aliphatic hydroxyl groups excluding tert-OH is 1. The Labute approximate surface area is 215 Å². The lowest BCUT2D eigenvalue weighted by Crippen LogP contribution is -2.31. The Morgan fingerprint density at radius 1 is 1.16 bits per heavy atom. The molecular formula is C27H22N2O7S. The van der Waals surface area contributed by atoms with E-state index < -0.39 is 23.5 Å². The number of anilines is 1. The number of Topliss-reactive ketones (excluding diaryl/α,β-unsaturated/α-hetero) is 2. The minimum Gasteiger partial charge on any atom is -0.504 e. The maximum Gasteiger partial charge on any atom is 0.296 e. The van der Waals surface area contributed by atoms with Crippen LogP contribution in [0.25, 0.3) is 11.0 Å². The molecule has 1 aliphatic rings. The number of benzene rings is 2. The molecule has 2 aromatic heterocycles. The average molecular weight is 519 g/mol. The molecule has 0 radical (unpaired) electrons. The molecular weight excluding hydrogens is 496 g/mol. The predicted molar refractivity (Wildman–Crippen MR) is 137 cm³/mol. The minimum atomic E-state index is -1.13. The maximum absolute atomic E-state index is 13.7. The molecule has 1 atom stereocenters. The summed E-state index contributed by atoms with van der Waals surface area (Å²) >= 11 is 0.991. The van der Waals surface area contributed by atoms with E-state index in [1.165, 1.54) is 30.0 Å². The Morgan fingerprint density at radius 3 is 2.59 bits per heavy atom. The number of thiazole rings is 1. The van der Waals surface area contributed by atoms with Crippen molar-refractivity contribution in [1.29, 1.82) is 0 Å². The van der Waals surface area contributed by atoms with Crippen molar-refractivity contribution in [2.24, 2.45) is 0 Å². The number of amides is 1. The predicted octanol–water partition coefficient (Wildman–Crippen LogP) is 5.29. The lowest BCUT2D eigenvalue weighted by Gasteiger charge is -2.24. The van der Waals surface area contributed by atoms with Gasteiger partial charge in [0.2, 0.25) is 5.78 Å². The van der Waals surface area contributed by atoms with Crippen LogP contribution in [0.15, 0.2) is 64.3 Å². The van der Waals surface area contributed by atoms with E-state index in [2.05, 4.69) is 4.98 Å². The lowest BCUT2D eigenvalue weighted by molar-refractivity contribution is -0.117. The fraction of sp³-hybridized carbons (Fsp3) is 0.185. The summed E-state index contributed by atoms with van der Waals surface area (Å²) in [4.78, 5) is 45.2. The number of furan rings is 1. The average Bonchev–Trinajstić information content (AvgIpc) is 3.54. The Balaban J connectivity index is 1.69. The van der Waals surface area contributed by atoms with Crippen LogP contribution >= 0.6 is 11.3 Å². The SMILES string of the molecule is CCOc1cc([C@@H]2C(C(=O)c3cc4ccccc4o3)=C(O)C(=O)N2c2nc(C)c(C(C)=O)s2)ccc1O. The van der Waals surface area contributed by atoms with E-state index in [4.69, 9.17) is 9.15 Å². The number of hydrogen-bond acceptors (Lipinski definition) is 9. The second kappa shape index (κ2) is 9.21. The van der Waals surface area contributed by atoms with Crippen LogP contribution in [0.2, 0.25) is 0 Å². The van der Waals surface area contributed by atoms with Gasteiger partial charge in [-0.25, -0.2) is 4.98 Å². The van der Waals surface area contributed by atoms with Crippen LogP contribution in [0.5, 0.6) is 11.5 Å². The number of hydrogen-bond donors (Lipinski definition) is 2. The molecule has 0 aliphatic carbocycles. The van der Waals surface area contributed by atoms with Crippen LogP contribution in [0, 0.1) is 6.92 Å². The number of aryl methyl sites for hydroxylation is 1. The van der Waals surface area contributed by atoms with Gasteiger partial charge in [0.25, 0.3) is 5.91 Å². The zero-order valence-electron chi connectivity index (χ0n) is 20.1. The largest absolute Gasteiger partial charge is 0.504 e. The smallest absolute Gasteiger partial charge is 0.296 e. The summed E-state index contributed by atoms with van der Waals surface area (Å²) < 4.78 is 11.3. The normalized spacial score (nSPS) is 15.6. The molecule has 4 aromatic rings. The Morgan fingerprint density at radius 2 is 1.92 bits per heavy atom. The molecule has 37 heavy (non-hydrogen) atoms. The summed E-state index contributed by atoms with van der Waals surface area (Å²) in [7, 11) is 0. The second-order valence-electron chi connectivity index (χ2n) is 8.44. The first kappa shape index (κ1) is 24.3. The zero-order chi connectivity index (χ0) is 26.4. The van der Waals surface area contributed by atoms with Gasteiger partial charge in [0.15, 0.2) is 33.9 Å². The maximum atomic E-state index is 13.7. The molecule has 188 valence electrons. The van der Waals surface area contributed by atoms with Crippen LogP contribution in [0.3, 0.4) is 0 Å². The molecule has 2 aromatic carbocycles. The number of fused-ring (bicyclic) bond motifs is 1. The molecule has 0 saturated carbocycles. The number of carbonyl (C=O) groups is 3. The molecule has 0 saturated heterocycles. The molecule has 2 N–H and O–H groups in total. The van der Waals surface area contributed by atoms with Crippen LogP contribution in [0.1, 0.15) is 51.4 Å². The number of aromatic hydroxyl groups is 1. The number of ketones is 2. The molecule has 0 fully saturated rings. The molecule has 0 unspecified atom stereocenters. The highest BCUT2D eigenvalue weighted by Crippen LogP contribution is 2.45. The van der Waals surface area contributed by atoms with E-state index in [1.54, 1.807) is 44.2 Å². The summed E-state index contributed by atoms with van der Waals surface area (Å²) in [6, 6.07) is 11.9. The van der Waals surface area contributed by atoms with Gasteiger partial charge in [0.05, 0.1) is 28.8 Å². The summed E-state index contributed by atoms with van der Waals surface area (Å²) in [6.45, 7) is 5.06. The van der Waals surface area contributed by atoms with E-state index in [1.807, 2.05) is 0 Å². The molecule has 5 rings (SSSR count). The summed E-state index contributed by atoms with van der Waals surface area (Å²) in [6.07, 6.45) is 0. The van der Waals surface area contributed by atoms with Crippen LogP contribution in [0.4, 0.5) is 5.13 Å². The molecule has 3 heterocycles. The van der Waals surface area contributed by atoms with Gasteiger partial charge in [-0.1, -0.05) is 35.6 Å². The van der Waals surface area contributed by atoms with Gasteiger partial charge >= 0.3 is 0 Å². The Bertz CT molecular complexity index is 1580. The van der Waals surface area contributed by atoms with Crippen molar-refractivity contribution < 1.29 is 33.8 Å². The highest BCUT2D eigenvalue weighted by Gasteiger charge is 2.47. The first-order valence-corrected chi connectivity index (χ1v) is 12.3. The zero-order valence-corrected chi connectivity index (χ0v) is 21.0. The number of nitrogens with zero attached hydrogens (tertiary/aromatic N) is 2. The van der Waals surface area contributed by atoms with Crippen molar-refractivity contribution in [2.45, 2.75) is 26.8 Å². The second-order valence-corrected chi connectivity index (χ2v) is 9.42. The van der Waals surface area contributed by atoms with Crippen LogP contribution < -0.4 is 9.64 Å². The van der Waals surface area contributed by atoms with E-state index in [-0.39, 0.29) is 40.4 Å². The van der Waals surface area contributed by atoms with Crippen molar-refractivity contribution >= 4 is 44.9 Å². The van der Waals surface area contributed by atoms with E-state index in [9.17, 15) is 24.6 Å². The fourth-order valence-electron chi connectivity index (χ4n) is 4.36. The topological polar surface area (TPSA) is 130 Å². The van der Waals surface area contributed by atoms with Crippen molar-refractivity contribution in [3.05, 3.63) is 81.8 Å². The van der Waals surface area contributed by atoms with Crippen molar-refractivity contribution in [2.75, 3.05) is 11.5 Å². The standard InChI is InChI=1S/C27H22N2O7S/c1-4-35-19-12-16(9-10-17(19)31)22-21(23(32)20-11-15-7-5-6-8-18(15)36-20)24(33)26(34)29(22)27-28-13(2)25(37-27)14(3)30/h5-12,22,31,33H,4H2,1-3H3/t22-/m1/s1. The van der Waals surface area contributed by atoms with Crippen LogP contribution in [-0.2, 0) is 4.79 Å². The summed E-state index contributed by atoms with van der Waals surface area (Å²) in [5.74, 6) is -2.52. The van der Waals surface area contributed by atoms with E-state index in [0.29, 0.717) is 27.1 Å². The third kappa shape index (κ3) is 4.05. The quantitative estimate of drug-likeness (QED) is 0.316. The number of carbonyl (C=O) groups excluding carboxylic acids is 3. The lowest BCUT2D eigenvalue weighted by atomic mass is 9.95. The van der Waals surface area contributed by atoms with E-state index in [0.717, 1.165) is 11.3 Å². The van der Waals surface area contributed by atoms with Gasteiger partial charge in [-0.15, -0.1) is 0 Å². The van der Waals surface area contributed by atoms with Gasteiger partial charge < -0.3 is 19.4 Å². The van der Waals surface area contributed by atoms with Gasteiger partial charge in [-0.05, 0) is 43.7 Å². The molecule has 9 nitrogen and oxygen atoms in total. The third-order valence-corrected chi connectivity index (χ3v) is 7.27. The highest BCUT2D eigenvalue weighted by atomic mass is 32.1. The number of aliphatic hydroxyl groups is 1. The molecule has 10 heteroatoms. The molecule has 0 spiro atoms. The number of ether oxygens (including phenoxy) is 1. The van der Waals surface area contributed by atoms with Gasteiger partial charge in [-0.2, -0.15) is 0 Å². The van der Waals surface area contributed by atoms with Crippen molar-refractivity contribution in [3.63, 3.8) is 0 Å². The van der Waals surface area contributed by atoms with Gasteiger partial charge in [-0.3, -0.25) is 19.3 Å². The van der Waals surface area contributed by atoms with Gasteiger partial charge in [0.1, 0.15) is 5.58 Å². The Kier molecular flexibility index (Phi) is 6.04. The summed E-state index contributed by atoms with van der Waals surface area (Å²) in [5.41, 5.74) is 1.08. The van der Waals surface area contributed by atoms with E-state index >= 15 is 0 Å². The molecule has 0 bridgehead atoms. The van der Waals surface area contributed by atoms with Gasteiger partial charge in [0, 0.05) is 12.3 Å². The number of para-hydroxylation sites is 1. The summed E-state index contributed by atoms with van der Waals surface area (Å²) in [5, 5.41) is 22.1. The highest BCUT2D eigenvalue weighted by molar-refractivity contribution is 7.17. The number of phenols is 1. The third-order valence-electron chi connectivity index (χ3n) is 6.01. The minimum absolute atomic E-state index is 0.0500.